The zero-order chi connectivity index (χ0) is 24.8. The van der Waals surface area contributed by atoms with E-state index in [9.17, 15) is 0 Å². The van der Waals surface area contributed by atoms with E-state index in [0.717, 1.165) is 23.7 Å². The highest BCUT2D eigenvalue weighted by atomic mass is 16.5. The summed E-state index contributed by atoms with van der Waals surface area (Å²) in [6.07, 6.45) is 15.0. The summed E-state index contributed by atoms with van der Waals surface area (Å²) in [4.78, 5) is 2.70. The van der Waals surface area contributed by atoms with Crippen molar-refractivity contribution in [3.63, 3.8) is 0 Å². The van der Waals surface area contributed by atoms with Crippen LogP contribution >= 0.6 is 0 Å². The minimum Gasteiger partial charge on any atom is -0.374 e. The van der Waals surface area contributed by atoms with E-state index in [2.05, 4.69) is 58.7 Å². The van der Waals surface area contributed by atoms with Gasteiger partial charge in [-0.1, -0.05) is 51.7 Å². The Morgan fingerprint density at radius 2 is 1.43 bits per heavy atom. The quantitative estimate of drug-likeness (QED) is 0.429. The summed E-state index contributed by atoms with van der Waals surface area (Å²) in [5, 5.41) is 4.27. The molecular formula is C32H54N2O. The van der Waals surface area contributed by atoms with Crippen LogP contribution in [-0.4, -0.2) is 47.8 Å². The molecule has 8 atom stereocenters. The van der Waals surface area contributed by atoms with Crippen molar-refractivity contribution in [2.75, 3.05) is 13.1 Å². The molecule has 0 aromatic rings. The zero-order valence-electron chi connectivity index (χ0n) is 24.0. The van der Waals surface area contributed by atoms with Gasteiger partial charge in [-0.15, -0.1) is 0 Å². The molecule has 1 N–H and O–H groups in total. The first-order chi connectivity index (χ1) is 16.4. The molecule has 4 fully saturated rings. The van der Waals surface area contributed by atoms with Gasteiger partial charge in [0.2, 0.25) is 0 Å². The number of ether oxygens (including phenoxy) is 1. The number of nitrogens with one attached hydrogen (secondary N) is 1. The highest BCUT2D eigenvalue weighted by Gasteiger charge is 2.57. The summed E-state index contributed by atoms with van der Waals surface area (Å²) >= 11 is 0. The molecular weight excluding hydrogens is 428 g/mol. The smallest absolute Gasteiger partial charge is 0.0686 e. The number of hydrogen-bond acceptors (Lipinski definition) is 3. The summed E-state index contributed by atoms with van der Waals surface area (Å²) in [6, 6.07) is 1.38. The highest BCUT2D eigenvalue weighted by molar-refractivity contribution is 5.30. The molecule has 0 aromatic heterocycles. The standard InChI is InChI=1S/C32H54N2O/c1-30(2,3)28-24-11-8-10-23(24)26(33-28)17-32(7,29-25-12-9-13-27(25)35-29)16-20-14-21-18-34(31(4,5)6)19-22(21)15-20/h20,23-29,33H,8-19H2,1-7H3. The third-order valence-electron chi connectivity index (χ3n) is 11.5. The third-order valence-corrected chi connectivity index (χ3v) is 11.5. The molecule has 0 radical (unpaired) electrons. The van der Waals surface area contributed by atoms with Crippen LogP contribution in [0.5, 0.6) is 0 Å². The van der Waals surface area contributed by atoms with E-state index in [1.54, 1.807) is 11.1 Å². The van der Waals surface area contributed by atoms with Gasteiger partial charge in [-0.3, -0.25) is 4.90 Å². The molecule has 3 nitrogen and oxygen atoms in total. The van der Waals surface area contributed by atoms with Crippen LogP contribution in [0.15, 0.2) is 11.1 Å². The molecule has 0 amide bonds. The minimum atomic E-state index is 0.293. The van der Waals surface area contributed by atoms with Gasteiger partial charge in [0.05, 0.1) is 12.2 Å². The van der Waals surface area contributed by atoms with Crippen molar-refractivity contribution >= 4 is 0 Å². The monoisotopic (exact) mass is 482 g/mol. The van der Waals surface area contributed by atoms with Gasteiger partial charge in [-0.25, -0.2) is 0 Å². The maximum Gasteiger partial charge on any atom is 0.0686 e. The van der Waals surface area contributed by atoms with E-state index in [1.165, 1.54) is 77.3 Å². The van der Waals surface area contributed by atoms with Crippen LogP contribution in [-0.2, 0) is 4.74 Å². The predicted octanol–water partition coefficient (Wildman–Crippen LogP) is 6.96. The van der Waals surface area contributed by atoms with Crippen molar-refractivity contribution < 1.29 is 4.74 Å². The Bertz CT molecular complexity index is 831. The molecule has 0 aromatic carbocycles. The van der Waals surface area contributed by atoms with Gasteiger partial charge >= 0.3 is 0 Å². The molecule has 3 heteroatoms. The fourth-order valence-electron chi connectivity index (χ4n) is 9.89. The van der Waals surface area contributed by atoms with Gasteiger partial charge in [-0.2, -0.15) is 0 Å². The van der Waals surface area contributed by atoms with Gasteiger partial charge in [0, 0.05) is 36.6 Å². The number of hydrogen-bond donors (Lipinski definition) is 1. The summed E-state index contributed by atoms with van der Waals surface area (Å²) < 4.78 is 6.76. The fraction of sp³-hybridized carbons (Fsp3) is 0.938. The fourth-order valence-corrected chi connectivity index (χ4v) is 9.89. The topological polar surface area (TPSA) is 24.5 Å². The molecule has 198 valence electrons. The van der Waals surface area contributed by atoms with E-state index < -0.39 is 0 Å². The van der Waals surface area contributed by atoms with Crippen LogP contribution in [0.4, 0.5) is 0 Å². The van der Waals surface area contributed by atoms with Crippen molar-refractivity contribution in [3.05, 3.63) is 11.1 Å². The molecule has 2 saturated carbocycles. The molecule has 35 heavy (non-hydrogen) atoms. The molecule has 6 aliphatic rings. The first kappa shape index (κ1) is 24.9. The number of nitrogens with zero attached hydrogens (tertiary/aromatic N) is 1. The number of likely N-dealkylation sites (tertiary alicyclic amines) is 1. The molecule has 0 spiro atoms. The Labute approximate surface area is 216 Å². The van der Waals surface area contributed by atoms with Crippen LogP contribution in [0.2, 0.25) is 0 Å². The Morgan fingerprint density at radius 3 is 2.06 bits per heavy atom. The lowest BCUT2D eigenvalue weighted by Crippen LogP contribution is -2.56. The van der Waals surface area contributed by atoms with Crippen molar-refractivity contribution in [1.82, 2.24) is 10.2 Å². The van der Waals surface area contributed by atoms with E-state index in [1.807, 2.05) is 0 Å². The molecule has 3 aliphatic carbocycles. The van der Waals surface area contributed by atoms with Crippen LogP contribution in [0.25, 0.3) is 0 Å². The summed E-state index contributed by atoms with van der Waals surface area (Å²) in [5.74, 6) is 3.48. The van der Waals surface area contributed by atoms with Crippen molar-refractivity contribution in [2.24, 2.45) is 34.5 Å². The van der Waals surface area contributed by atoms with Crippen LogP contribution in [0.3, 0.4) is 0 Å². The van der Waals surface area contributed by atoms with E-state index >= 15 is 0 Å². The maximum absolute atomic E-state index is 6.76. The summed E-state index contributed by atoms with van der Waals surface area (Å²) in [6.45, 7) is 19.6. The average Bonchev–Trinajstić information content (AvgIpc) is 3.48. The first-order valence-electron chi connectivity index (χ1n) is 15.3. The number of fused-ring (bicyclic) bond motifs is 2. The Kier molecular flexibility index (Phi) is 6.10. The van der Waals surface area contributed by atoms with Crippen LogP contribution < -0.4 is 5.32 Å². The normalized spacial score (nSPS) is 41.7. The summed E-state index contributed by atoms with van der Waals surface area (Å²) in [7, 11) is 0. The second kappa shape index (κ2) is 8.57. The predicted molar refractivity (Wildman–Crippen MR) is 145 cm³/mol. The molecule has 6 rings (SSSR count). The SMILES string of the molecule is CC(C)(C)C1NC(CC(C)(CC2CC3=C(C2)CN(C(C)(C)C)C3)C2OC3CCCC32)C2CCCC21. The number of rotatable bonds is 5. The lowest BCUT2D eigenvalue weighted by molar-refractivity contribution is -0.224. The van der Waals surface area contributed by atoms with Gasteiger partial charge < -0.3 is 10.1 Å². The highest BCUT2D eigenvalue weighted by Crippen LogP contribution is 2.57. The van der Waals surface area contributed by atoms with Crippen molar-refractivity contribution in [3.8, 4) is 0 Å². The Balaban J connectivity index is 1.18. The van der Waals surface area contributed by atoms with Crippen molar-refractivity contribution in [1.29, 1.82) is 0 Å². The lowest BCUT2D eigenvalue weighted by Gasteiger charge is -2.53. The summed E-state index contributed by atoms with van der Waals surface area (Å²) in [5.41, 5.74) is 4.56. The molecule has 3 aliphatic heterocycles. The first-order valence-corrected chi connectivity index (χ1v) is 15.3. The zero-order valence-corrected chi connectivity index (χ0v) is 24.0. The average molecular weight is 483 g/mol. The van der Waals surface area contributed by atoms with Crippen LogP contribution in [0.1, 0.15) is 113 Å². The Morgan fingerprint density at radius 1 is 0.800 bits per heavy atom. The van der Waals surface area contributed by atoms with E-state index in [-0.39, 0.29) is 0 Å². The largest absolute Gasteiger partial charge is 0.374 e. The van der Waals surface area contributed by atoms with Crippen LogP contribution in [0, 0.1) is 34.5 Å². The Hall–Kier alpha value is -0.380. The lowest BCUT2D eigenvalue weighted by atomic mass is 9.64. The van der Waals surface area contributed by atoms with E-state index in [0.29, 0.717) is 40.7 Å². The van der Waals surface area contributed by atoms with Gasteiger partial charge in [0.25, 0.3) is 0 Å². The van der Waals surface area contributed by atoms with Gasteiger partial charge in [-0.05, 0) is 101 Å². The van der Waals surface area contributed by atoms with Crippen molar-refractivity contribution in [2.45, 2.75) is 143 Å². The second-order valence-corrected chi connectivity index (χ2v) is 16.1. The minimum absolute atomic E-state index is 0.293. The van der Waals surface area contributed by atoms with Gasteiger partial charge in [0.1, 0.15) is 0 Å². The maximum atomic E-state index is 6.76. The molecule has 8 unspecified atom stereocenters. The second-order valence-electron chi connectivity index (χ2n) is 16.1. The molecule has 2 saturated heterocycles. The molecule has 0 bridgehead atoms. The van der Waals surface area contributed by atoms with Gasteiger partial charge in [0.15, 0.2) is 0 Å². The third kappa shape index (κ3) is 4.38. The van der Waals surface area contributed by atoms with E-state index in [4.69, 9.17) is 4.74 Å². The molecule has 3 heterocycles.